The molecule has 1 aliphatic rings. The quantitative estimate of drug-likeness (QED) is 0.884. The Bertz CT molecular complexity index is 820. The minimum atomic E-state index is -0.347. The van der Waals surface area contributed by atoms with Crippen LogP contribution in [0.5, 0.6) is 5.75 Å². The van der Waals surface area contributed by atoms with Gasteiger partial charge >= 0.3 is 6.03 Å². The lowest BCUT2D eigenvalue weighted by atomic mass is 10.0. The minimum Gasteiger partial charge on any atom is -0.497 e. The highest BCUT2D eigenvalue weighted by Crippen LogP contribution is 2.28. The smallest absolute Gasteiger partial charge is 0.324 e. The number of anilines is 2. The molecule has 3 rings (SSSR count). The number of fused-ring (bicyclic) bond motifs is 1. The number of aromatic nitrogens is 1. The van der Waals surface area contributed by atoms with E-state index in [0.29, 0.717) is 17.9 Å². The molecule has 1 aromatic heterocycles. The number of ether oxygens (including phenoxy) is 1. The van der Waals surface area contributed by atoms with Crippen molar-refractivity contribution in [2.75, 3.05) is 23.9 Å². The summed E-state index contributed by atoms with van der Waals surface area (Å²) in [6, 6.07) is 8.85. The van der Waals surface area contributed by atoms with Gasteiger partial charge < -0.3 is 15.4 Å². The number of carbonyl (C=O) groups is 2. The third-order valence-electron chi connectivity index (χ3n) is 4.30. The van der Waals surface area contributed by atoms with E-state index in [1.54, 1.807) is 19.4 Å². The van der Waals surface area contributed by atoms with Gasteiger partial charge in [-0.1, -0.05) is 19.1 Å². The highest BCUT2D eigenvalue weighted by molar-refractivity contribution is 6.08. The lowest BCUT2D eigenvalue weighted by molar-refractivity contribution is -0.115. The number of nitrogens with zero attached hydrogens (tertiary/aromatic N) is 2. The van der Waals surface area contributed by atoms with Gasteiger partial charge in [0.1, 0.15) is 12.3 Å². The number of pyridine rings is 1. The van der Waals surface area contributed by atoms with Crippen molar-refractivity contribution in [1.29, 1.82) is 0 Å². The molecule has 0 spiro atoms. The van der Waals surface area contributed by atoms with Gasteiger partial charge in [0.2, 0.25) is 5.91 Å². The van der Waals surface area contributed by atoms with Crippen LogP contribution in [0.25, 0.3) is 0 Å². The molecule has 0 saturated heterocycles. The Kier molecular flexibility index (Phi) is 5.06. The largest absolute Gasteiger partial charge is 0.497 e. The van der Waals surface area contributed by atoms with Gasteiger partial charge in [0.25, 0.3) is 0 Å². The average Bonchev–Trinajstić information content (AvgIpc) is 2.65. The minimum absolute atomic E-state index is 0.0616. The zero-order valence-corrected chi connectivity index (χ0v) is 15.1. The fraction of sp³-hybridized carbons (Fsp3) is 0.316. The van der Waals surface area contributed by atoms with E-state index in [1.165, 1.54) is 4.90 Å². The maximum Gasteiger partial charge on any atom is 0.324 e. The normalized spacial score (nSPS) is 14.3. The first kappa shape index (κ1) is 17.7. The van der Waals surface area contributed by atoms with Crippen molar-refractivity contribution in [2.24, 2.45) is 0 Å². The fourth-order valence-electron chi connectivity index (χ4n) is 2.93. The van der Waals surface area contributed by atoms with Gasteiger partial charge in [-0.15, -0.1) is 0 Å². The Morgan fingerprint density at radius 3 is 2.77 bits per heavy atom. The van der Waals surface area contributed by atoms with Gasteiger partial charge in [-0.05, 0) is 42.7 Å². The molecule has 136 valence electrons. The van der Waals surface area contributed by atoms with Crippen molar-refractivity contribution in [1.82, 2.24) is 10.3 Å². The molecule has 2 aromatic rings. The summed E-state index contributed by atoms with van der Waals surface area (Å²) in [6.45, 7) is 3.82. The van der Waals surface area contributed by atoms with Gasteiger partial charge in [0, 0.05) is 6.20 Å². The number of nitrogens with one attached hydrogen (secondary N) is 2. The number of aryl methyl sites for hydroxylation is 1. The molecule has 26 heavy (non-hydrogen) atoms. The molecule has 1 unspecified atom stereocenters. The van der Waals surface area contributed by atoms with Crippen LogP contribution in [-0.2, 0) is 4.79 Å². The van der Waals surface area contributed by atoms with Crippen LogP contribution in [0.15, 0.2) is 36.5 Å². The molecule has 0 bridgehead atoms. The molecule has 1 aliphatic heterocycles. The number of benzene rings is 1. The second-order valence-corrected chi connectivity index (χ2v) is 6.20. The number of amides is 3. The first-order valence-electron chi connectivity index (χ1n) is 8.50. The Balaban J connectivity index is 1.81. The molecule has 0 aliphatic carbocycles. The molecule has 0 radical (unpaired) electrons. The summed E-state index contributed by atoms with van der Waals surface area (Å²) in [5.74, 6) is 0.978. The third kappa shape index (κ3) is 3.61. The van der Waals surface area contributed by atoms with Crippen molar-refractivity contribution >= 4 is 23.4 Å². The van der Waals surface area contributed by atoms with Gasteiger partial charge in [0.05, 0.1) is 18.8 Å². The molecule has 2 N–H and O–H groups in total. The van der Waals surface area contributed by atoms with Gasteiger partial charge in [-0.3, -0.25) is 9.69 Å². The molecule has 2 heterocycles. The van der Waals surface area contributed by atoms with Crippen molar-refractivity contribution in [2.45, 2.75) is 26.3 Å². The zero-order valence-electron chi connectivity index (χ0n) is 15.1. The first-order chi connectivity index (χ1) is 12.5. The summed E-state index contributed by atoms with van der Waals surface area (Å²) in [5, 5.41) is 5.75. The third-order valence-corrected chi connectivity index (χ3v) is 4.30. The zero-order chi connectivity index (χ0) is 18.7. The number of rotatable bonds is 4. The van der Waals surface area contributed by atoms with Crippen LogP contribution in [0.1, 0.15) is 30.5 Å². The lowest BCUT2D eigenvalue weighted by Crippen LogP contribution is -2.48. The van der Waals surface area contributed by atoms with Gasteiger partial charge in [-0.25, -0.2) is 9.78 Å². The standard InChI is InChI=1S/C19H22N4O3/c1-4-15(13-5-7-14(26-3)8-6-13)22-19(25)23-11-17(24)21-16-9-12(2)10-20-18(16)23/h5-10,15H,4,11H2,1-3H3,(H,21,24)(H,22,25). The molecule has 0 saturated carbocycles. The maximum absolute atomic E-state index is 12.8. The highest BCUT2D eigenvalue weighted by atomic mass is 16.5. The van der Waals surface area contributed by atoms with Crippen LogP contribution in [0, 0.1) is 6.92 Å². The van der Waals surface area contributed by atoms with Crippen LogP contribution in [0.2, 0.25) is 0 Å². The summed E-state index contributed by atoms with van der Waals surface area (Å²) in [6.07, 6.45) is 2.39. The van der Waals surface area contributed by atoms with Crippen LogP contribution in [-0.4, -0.2) is 30.6 Å². The number of carbonyl (C=O) groups excluding carboxylic acids is 2. The van der Waals surface area contributed by atoms with Gasteiger partial charge in [-0.2, -0.15) is 0 Å². The average molecular weight is 354 g/mol. The Morgan fingerprint density at radius 2 is 2.12 bits per heavy atom. The Hall–Kier alpha value is -3.09. The summed E-state index contributed by atoms with van der Waals surface area (Å²) in [5.41, 5.74) is 2.44. The Labute approximate surface area is 152 Å². The number of hydrogen-bond donors (Lipinski definition) is 2. The van der Waals surface area contributed by atoms with Crippen LogP contribution >= 0.6 is 0 Å². The summed E-state index contributed by atoms with van der Waals surface area (Å²) in [7, 11) is 1.61. The molecule has 7 heteroatoms. The van der Waals surface area contributed by atoms with Crippen molar-refractivity contribution < 1.29 is 14.3 Å². The highest BCUT2D eigenvalue weighted by Gasteiger charge is 2.29. The predicted octanol–water partition coefficient (Wildman–Crippen LogP) is 3.02. The topological polar surface area (TPSA) is 83.6 Å². The van der Waals surface area contributed by atoms with E-state index in [9.17, 15) is 9.59 Å². The lowest BCUT2D eigenvalue weighted by Gasteiger charge is -2.30. The number of hydrogen-bond acceptors (Lipinski definition) is 4. The summed E-state index contributed by atoms with van der Waals surface area (Å²) < 4.78 is 5.17. The van der Waals surface area contributed by atoms with E-state index >= 15 is 0 Å². The molecule has 0 fully saturated rings. The Morgan fingerprint density at radius 1 is 1.38 bits per heavy atom. The van der Waals surface area contributed by atoms with Gasteiger partial charge in [0.15, 0.2) is 5.82 Å². The molecule has 7 nitrogen and oxygen atoms in total. The van der Waals surface area contributed by atoms with Crippen molar-refractivity contribution in [3.63, 3.8) is 0 Å². The second-order valence-electron chi connectivity index (χ2n) is 6.20. The number of methoxy groups -OCH3 is 1. The van der Waals surface area contributed by atoms with E-state index in [4.69, 9.17) is 4.74 Å². The van der Waals surface area contributed by atoms with E-state index in [0.717, 1.165) is 16.9 Å². The molecule has 3 amide bonds. The summed E-state index contributed by atoms with van der Waals surface area (Å²) >= 11 is 0. The number of urea groups is 1. The fourth-order valence-corrected chi connectivity index (χ4v) is 2.93. The van der Waals surface area contributed by atoms with E-state index in [1.807, 2.05) is 38.1 Å². The van der Waals surface area contributed by atoms with Crippen LogP contribution in [0.4, 0.5) is 16.3 Å². The summed E-state index contributed by atoms with van der Waals surface area (Å²) in [4.78, 5) is 30.5. The van der Waals surface area contributed by atoms with Crippen molar-refractivity contribution in [3.05, 3.63) is 47.7 Å². The van der Waals surface area contributed by atoms with Crippen LogP contribution in [0.3, 0.4) is 0 Å². The second kappa shape index (κ2) is 7.43. The van der Waals surface area contributed by atoms with E-state index in [-0.39, 0.29) is 24.5 Å². The molecule has 1 atom stereocenters. The van der Waals surface area contributed by atoms with E-state index < -0.39 is 0 Å². The monoisotopic (exact) mass is 354 g/mol. The molecule has 1 aromatic carbocycles. The molecular weight excluding hydrogens is 332 g/mol. The first-order valence-corrected chi connectivity index (χ1v) is 8.50. The molecular formula is C19H22N4O3. The van der Waals surface area contributed by atoms with Crippen LogP contribution < -0.4 is 20.3 Å². The van der Waals surface area contributed by atoms with Crippen molar-refractivity contribution in [3.8, 4) is 5.75 Å². The van der Waals surface area contributed by atoms with E-state index in [2.05, 4.69) is 15.6 Å². The SMILES string of the molecule is CCC(NC(=O)N1CC(=O)Nc2cc(C)cnc21)c1ccc(OC)cc1. The predicted molar refractivity (Wildman–Crippen MR) is 99.5 cm³/mol. The maximum atomic E-state index is 12.8.